The third-order valence-corrected chi connectivity index (χ3v) is 6.75. The maximum Gasteiger partial charge on any atom is 0.328 e. The van der Waals surface area contributed by atoms with E-state index in [2.05, 4.69) is 5.32 Å². The molecule has 1 N–H and O–H groups in total. The predicted molar refractivity (Wildman–Crippen MR) is 130 cm³/mol. The minimum absolute atomic E-state index is 0.0320. The van der Waals surface area contributed by atoms with Crippen molar-refractivity contribution in [3.8, 4) is 0 Å². The molecule has 0 aromatic rings. The molecule has 10 heteroatoms. The Kier molecular flexibility index (Phi) is 11.0. The van der Waals surface area contributed by atoms with Crippen molar-refractivity contribution in [2.45, 2.75) is 96.8 Å². The molecule has 2 aliphatic heterocycles. The van der Waals surface area contributed by atoms with Gasteiger partial charge in [-0.05, 0) is 45.4 Å². The Morgan fingerprint density at radius 2 is 1.91 bits per heavy atom. The molecule has 198 valence electrons. The maximum absolute atomic E-state index is 13.3. The van der Waals surface area contributed by atoms with Gasteiger partial charge in [0.05, 0.1) is 6.42 Å². The lowest BCUT2D eigenvalue weighted by atomic mass is 10.1. The van der Waals surface area contributed by atoms with Crippen LogP contribution in [0.1, 0.15) is 72.6 Å². The quantitative estimate of drug-likeness (QED) is 0.323. The summed E-state index contributed by atoms with van der Waals surface area (Å²) < 4.78 is 5.30. The van der Waals surface area contributed by atoms with Gasteiger partial charge in [-0.1, -0.05) is 26.7 Å². The van der Waals surface area contributed by atoms with E-state index in [1.165, 1.54) is 9.80 Å². The van der Waals surface area contributed by atoms with Crippen molar-refractivity contribution in [3.63, 3.8) is 0 Å². The first-order valence-corrected chi connectivity index (χ1v) is 12.8. The molecule has 0 aliphatic carbocycles. The Balaban J connectivity index is 1.94. The largest absolute Gasteiger partial charge is 0.464 e. The molecule has 0 spiro atoms. The molecule has 0 saturated carbocycles. The van der Waals surface area contributed by atoms with Crippen LogP contribution in [0.2, 0.25) is 0 Å². The van der Waals surface area contributed by atoms with Crippen molar-refractivity contribution in [3.05, 3.63) is 0 Å². The molecule has 2 saturated heterocycles. The molecule has 2 aliphatic rings. The van der Waals surface area contributed by atoms with Gasteiger partial charge in [-0.25, -0.2) is 4.79 Å². The van der Waals surface area contributed by atoms with Crippen molar-refractivity contribution in [2.75, 3.05) is 26.7 Å². The molecule has 35 heavy (non-hydrogen) atoms. The first-order chi connectivity index (χ1) is 16.6. The first-order valence-electron chi connectivity index (χ1n) is 12.8. The molecule has 4 amide bonds. The number of amides is 4. The summed E-state index contributed by atoms with van der Waals surface area (Å²) in [6.45, 7) is 8.63. The van der Waals surface area contributed by atoms with Gasteiger partial charge in [0.2, 0.25) is 24.1 Å². The second-order valence-electron chi connectivity index (χ2n) is 10.1. The highest BCUT2D eigenvalue weighted by atomic mass is 16.5. The molecule has 0 aromatic carbocycles. The van der Waals surface area contributed by atoms with Crippen LogP contribution in [-0.4, -0.2) is 95.7 Å². The summed E-state index contributed by atoms with van der Waals surface area (Å²) in [6, 6.07) is -1.85. The fourth-order valence-electron chi connectivity index (χ4n) is 4.89. The van der Waals surface area contributed by atoms with Crippen LogP contribution in [-0.2, 0) is 28.7 Å². The van der Waals surface area contributed by atoms with Crippen LogP contribution >= 0.6 is 0 Å². The Bertz CT molecular complexity index is 773. The fraction of sp³-hybridized carbons (Fsp3) is 0.800. The summed E-state index contributed by atoms with van der Waals surface area (Å²) in [7, 11) is 1.63. The van der Waals surface area contributed by atoms with Gasteiger partial charge >= 0.3 is 5.97 Å². The third kappa shape index (κ3) is 7.67. The van der Waals surface area contributed by atoms with Crippen LogP contribution in [0.4, 0.5) is 0 Å². The average molecular weight is 495 g/mol. The number of esters is 1. The van der Waals surface area contributed by atoms with E-state index < -0.39 is 24.1 Å². The van der Waals surface area contributed by atoms with Crippen molar-refractivity contribution in [2.24, 2.45) is 5.92 Å². The second kappa shape index (κ2) is 13.4. The molecular weight excluding hydrogens is 452 g/mol. The third-order valence-electron chi connectivity index (χ3n) is 6.75. The Morgan fingerprint density at radius 3 is 2.54 bits per heavy atom. The Hall–Kier alpha value is -2.65. The van der Waals surface area contributed by atoms with E-state index in [1.54, 1.807) is 11.9 Å². The summed E-state index contributed by atoms with van der Waals surface area (Å²) in [4.78, 5) is 67.0. The number of carbonyl (C=O) groups is 5. The molecule has 2 fully saturated rings. The average Bonchev–Trinajstić information content (AvgIpc) is 3.44. The SMILES string of the molecule is CCCCC(C(=O)NC(C)C)N(C)C(=O)C1CCCN1C(=O)CCOC(=O)C1CC(C)CN1C=O. The lowest BCUT2D eigenvalue weighted by Gasteiger charge is -2.33. The standard InChI is InChI=1S/C25H42N4O6/c1-6-7-9-19(23(32)26-17(2)3)27(5)24(33)20-10-8-12-29(20)22(31)11-13-35-25(34)21-14-18(4)15-28(21)16-30/h16-21H,6-15H2,1-5H3,(H,26,32). The molecule has 4 unspecified atom stereocenters. The normalized spacial score (nSPS) is 22.7. The Labute approximate surface area is 208 Å². The summed E-state index contributed by atoms with van der Waals surface area (Å²) in [5.41, 5.74) is 0. The van der Waals surface area contributed by atoms with E-state index >= 15 is 0 Å². The zero-order chi connectivity index (χ0) is 26.1. The smallest absolute Gasteiger partial charge is 0.328 e. The van der Waals surface area contributed by atoms with Crippen LogP contribution in [0, 0.1) is 5.92 Å². The molecule has 0 aromatic heterocycles. The van der Waals surface area contributed by atoms with Gasteiger partial charge in [-0.3, -0.25) is 19.2 Å². The van der Waals surface area contributed by atoms with Crippen molar-refractivity contribution < 1.29 is 28.7 Å². The van der Waals surface area contributed by atoms with Gasteiger partial charge in [-0.2, -0.15) is 0 Å². The minimum Gasteiger partial charge on any atom is -0.464 e. The number of hydrogen-bond acceptors (Lipinski definition) is 6. The zero-order valence-corrected chi connectivity index (χ0v) is 21.8. The number of rotatable bonds is 12. The molecule has 2 heterocycles. The van der Waals surface area contributed by atoms with Gasteiger partial charge in [-0.15, -0.1) is 0 Å². The topological polar surface area (TPSA) is 116 Å². The highest BCUT2D eigenvalue weighted by molar-refractivity contribution is 5.92. The summed E-state index contributed by atoms with van der Waals surface area (Å²) in [5.74, 6) is -0.965. The number of carbonyl (C=O) groups excluding carboxylic acids is 5. The van der Waals surface area contributed by atoms with Gasteiger partial charge in [0.15, 0.2) is 0 Å². The lowest BCUT2D eigenvalue weighted by Crippen LogP contribution is -2.54. The number of likely N-dealkylation sites (tertiary alicyclic amines) is 2. The number of hydrogen-bond donors (Lipinski definition) is 1. The number of nitrogens with one attached hydrogen (secondary N) is 1. The van der Waals surface area contributed by atoms with E-state index in [-0.39, 0.29) is 42.7 Å². The van der Waals surface area contributed by atoms with Crippen LogP contribution < -0.4 is 5.32 Å². The van der Waals surface area contributed by atoms with Crippen LogP contribution in [0.15, 0.2) is 0 Å². The predicted octanol–water partition coefficient (Wildman–Crippen LogP) is 1.32. The monoisotopic (exact) mass is 494 g/mol. The van der Waals surface area contributed by atoms with Gasteiger partial charge in [0, 0.05) is 26.2 Å². The second-order valence-corrected chi connectivity index (χ2v) is 10.1. The first kappa shape index (κ1) is 28.6. The molecular formula is C25H42N4O6. The Morgan fingerprint density at radius 1 is 1.20 bits per heavy atom. The lowest BCUT2D eigenvalue weighted by molar-refractivity contribution is -0.153. The van der Waals surface area contributed by atoms with E-state index in [0.29, 0.717) is 45.2 Å². The minimum atomic E-state index is -0.625. The van der Waals surface area contributed by atoms with Crippen LogP contribution in [0.5, 0.6) is 0 Å². The van der Waals surface area contributed by atoms with Gasteiger partial charge in [0.1, 0.15) is 24.7 Å². The number of likely N-dealkylation sites (N-methyl/N-ethyl adjacent to an activating group) is 1. The molecule has 0 bridgehead atoms. The van der Waals surface area contributed by atoms with Gasteiger partial charge < -0.3 is 24.8 Å². The van der Waals surface area contributed by atoms with Crippen molar-refractivity contribution in [1.82, 2.24) is 20.0 Å². The number of ether oxygens (including phenoxy) is 1. The summed E-state index contributed by atoms with van der Waals surface area (Å²) in [6.07, 6.45) is 4.69. The number of nitrogens with zero attached hydrogens (tertiary/aromatic N) is 3. The molecule has 10 nitrogen and oxygen atoms in total. The molecule has 2 rings (SSSR count). The molecule has 4 atom stereocenters. The molecule has 0 radical (unpaired) electrons. The van der Waals surface area contributed by atoms with Crippen molar-refractivity contribution >= 4 is 30.1 Å². The fourth-order valence-corrected chi connectivity index (χ4v) is 4.89. The van der Waals surface area contributed by atoms with E-state index in [1.807, 2.05) is 27.7 Å². The van der Waals surface area contributed by atoms with E-state index in [0.717, 1.165) is 12.8 Å². The van der Waals surface area contributed by atoms with Crippen LogP contribution in [0.3, 0.4) is 0 Å². The number of unbranched alkanes of at least 4 members (excludes halogenated alkanes) is 1. The van der Waals surface area contributed by atoms with E-state index in [4.69, 9.17) is 4.74 Å². The van der Waals surface area contributed by atoms with Gasteiger partial charge in [0.25, 0.3) is 0 Å². The van der Waals surface area contributed by atoms with Crippen molar-refractivity contribution in [1.29, 1.82) is 0 Å². The van der Waals surface area contributed by atoms with Crippen LogP contribution in [0.25, 0.3) is 0 Å². The summed E-state index contributed by atoms with van der Waals surface area (Å²) >= 11 is 0. The highest BCUT2D eigenvalue weighted by Gasteiger charge is 2.39. The maximum atomic E-state index is 13.3. The van der Waals surface area contributed by atoms with E-state index in [9.17, 15) is 24.0 Å². The zero-order valence-electron chi connectivity index (χ0n) is 21.8. The highest BCUT2D eigenvalue weighted by Crippen LogP contribution is 2.24. The summed E-state index contributed by atoms with van der Waals surface area (Å²) in [5, 5.41) is 2.90.